The van der Waals surface area contributed by atoms with Crippen molar-refractivity contribution in [3.63, 3.8) is 0 Å². The first-order chi connectivity index (χ1) is 10.2. The lowest BCUT2D eigenvalue weighted by Crippen LogP contribution is -2.22. The van der Waals surface area contributed by atoms with Gasteiger partial charge in [0.1, 0.15) is 0 Å². The van der Waals surface area contributed by atoms with Crippen LogP contribution in [-0.2, 0) is 9.53 Å². The van der Waals surface area contributed by atoms with E-state index in [-0.39, 0.29) is 5.91 Å². The first-order valence-corrected chi connectivity index (χ1v) is 7.95. The minimum Gasteiger partial charge on any atom is -0.381 e. The second-order valence-corrected chi connectivity index (χ2v) is 5.53. The van der Waals surface area contributed by atoms with Crippen LogP contribution in [0.4, 0.5) is 11.4 Å². The van der Waals surface area contributed by atoms with Crippen LogP contribution in [-0.4, -0.2) is 32.2 Å². The molecule has 21 heavy (non-hydrogen) atoms. The van der Waals surface area contributed by atoms with Crippen molar-refractivity contribution in [3.05, 3.63) is 24.3 Å². The van der Waals surface area contributed by atoms with Crippen molar-refractivity contribution < 1.29 is 9.53 Å². The topological polar surface area (TPSA) is 41.6 Å². The summed E-state index contributed by atoms with van der Waals surface area (Å²) in [6.07, 6.45) is 2.59. The van der Waals surface area contributed by atoms with E-state index in [1.54, 1.807) is 0 Å². The summed E-state index contributed by atoms with van der Waals surface area (Å²) in [6.45, 7) is 7.85. The van der Waals surface area contributed by atoms with Gasteiger partial charge in [-0.25, -0.2) is 0 Å². The fourth-order valence-electron chi connectivity index (χ4n) is 2.77. The first kappa shape index (κ1) is 15.8. The molecule has 1 N–H and O–H groups in total. The summed E-state index contributed by atoms with van der Waals surface area (Å²) >= 11 is 0. The summed E-state index contributed by atoms with van der Waals surface area (Å²) < 4.78 is 5.32. The van der Waals surface area contributed by atoms with Crippen LogP contribution < -0.4 is 10.2 Å². The van der Waals surface area contributed by atoms with Crippen LogP contribution in [0, 0.1) is 5.92 Å². The maximum Gasteiger partial charge on any atom is 0.224 e. The third-order valence-electron chi connectivity index (χ3n) is 4.09. The highest BCUT2D eigenvalue weighted by atomic mass is 16.5. The predicted molar refractivity (Wildman–Crippen MR) is 86.8 cm³/mol. The van der Waals surface area contributed by atoms with Crippen molar-refractivity contribution in [3.8, 4) is 0 Å². The standard InChI is InChI=1S/C17H26N2O2/c1-3-19(4-2)16-7-5-15(6-8-16)18-17(20)13-14-9-11-21-12-10-14/h5-8,14H,3-4,9-13H2,1-2H3,(H,18,20). The number of ether oxygens (including phenoxy) is 1. The van der Waals surface area contributed by atoms with E-state index in [1.807, 2.05) is 12.1 Å². The van der Waals surface area contributed by atoms with Crippen molar-refractivity contribution in [2.24, 2.45) is 5.92 Å². The minimum absolute atomic E-state index is 0.109. The Kier molecular flexibility index (Phi) is 6.05. The van der Waals surface area contributed by atoms with Gasteiger partial charge in [-0.1, -0.05) is 0 Å². The van der Waals surface area contributed by atoms with Crippen molar-refractivity contribution >= 4 is 17.3 Å². The summed E-state index contributed by atoms with van der Waals surface area (Å²) in [4.78, 5) is 14.3. The number of rotatable bonds is 6. The molecule has 1 amide bonds. The van der Waals surface area contributed by atoms with Gasteiger partial charge in [-0.3, -0.25) is 4.79 Å². The summed E-state index contributed by atoms with van der Waals surface area (Å²) in [7, 11) is 0. The summed E-state index contributed by atoms with van der Waals surface area (Å²) in [5.74, 6) is 0.575. The molecule has 0 radical (unpaired) electrons. The molecule has 4 heteroatoms. The Balaban J connectivity index is 1.86. The highest BCUT2D eigenvalue weighted by Crippen LogP contribution is 2.21. The van der Waals surface area contributed by atoms with Crippen molar-refractivity contribution in [2.45, 2.75) is 33.1 Å². The average Bonchev–Trinajstić information content (AvgIpc) is 2.51. The van der Waals surface area contributed by atoms with E-state index in [0.717, 1.165) is 44.8 Å². The molecule has 0 aliphatic carbocycles. The number of amides is 1. The number of benzene rings is 1. The Labute approximate surface area is 127 Å². The second-order valence-electron chi connectivity index (χ2n) is 5.53. The van der Waals surface area contributed by atoms with Gasteiger partial charge in [-0.2, -0.15) is 0 Å². The van der Waals surface area contributed by atoms with Gasteiger partial charge in [0, 0.05) is 44.1 Å². The zero-order valence-electron chi connectivity index (χ0n) is 13.1. The SMILES string of the molecule is CCN(CC)c1ccc(NC(=O)CC2CCOCC2)cc1. The van der Waals surface area contributed by atoms with Crippen LogP contribution in [0.1, 0.15) is 33.1 Å². The van der Waals surface area contributed by atoms with Gasteiger partial charge in [0.05, 0.1) is 0 Å². The predicted octanol–water partition coefficient (Wildman–Crippen LogP) is 3.29. The van der Waals surface area contributed by atoms with Gasteiger partial charge in [-0.05, 0) is 56.9 Å². The van der Waals surface area contributed by atoms with Gasteiger partial charge >= 0.3 is 0 Å². The second kappa shape index (κ2) is 8.03. The minimum atomic E-state index is 0.109. The van der Waals surface area contributed by atoms with Gasteiger partial charge in [-0.15, -0.1) is 0 Å². The summed E-state index contributed by atoms with van der Waals surface area (Å²) in [5, 5.41) is 2.99. The van der Waals surface area contributed by atoms with Crippen LogP contribution in [0.5, 0.6) is 0 Å². The molecule has 0 bridgehead atoms. The Morgan fingerprint density at radius 1 is 1.19 bits per heavy atom. The summed E-state index contributed by atoms with van der Waals surface area (Å²) in [6, 6.07) is 8.10. The molecular formula is C17H26N2O2. The number of nitrogens with one attached hydrogen (secondary N) is 1. The van der Waals surface area contributed by atoms with Crippen LogP contribution in [0.25, 0.3) is 0 Å². The number of carbonyl (C=O) groups excluding carboxylic acids is 1. The Morgan fingerprint density at radius 2 is 1.81 bits per heavy atom. The highest BCUT2D eigenvalue weighted by Gasteiger charge is 2.17. The fraction of sp³-hybridized carbons (Fsp3) is 0.588. The lowest BCUT2D eigenvalue weighted by molar-refractivity contribution is -0.117. The molecule has 0 aromatic heterocycles. The van der Waals surface area contributed by atoms with Crippen molar-refractivity contribution in [1.29, 1.82) is 0 Å². The third-order valence-corrected chi connectivity index (χ3v) is 4.09. The van der Waals surface area contributed by atoms with E-state index in [1.165, 1.54) is 5.69 Å². The molecule has 0 unspecified atom stereocenters. The molecule has 1 fully saturated rings. The van der Waals surface area contributed by atoms with Crippen molar-refractivity contribution in [1.82, 2.24) is 0 Å². The molecule has 116 valence electrons. The maximum absolute atomic E-state index is 12.0. The number of hydrogen-bond donors (Lipinski definition) is 1. The van der Waals surface area contributed by atoms with Crippen LogP contribution >= 0.6 is 0 Å². The molecular weight excluding hydrogens is 264 g/mol. The molecule has 2 rings (SSSR count). The maximum atomic E-state index is 12.0. The molecule has 1 aromatic rings. The van der Waals surface area contributed by atoms with E-state index in [4.69, 9.17) is 4.74 Å². The molecule has 1 aromatic carbocycles. The van der Waals surface area contributed by atoms with E-state index >= 15 is 0 Å². The van der Waals surface area contributed by atoms with Crippen LogP contribution in [0.2, 0.25) is 0 Å². The van der Waals surface area contributed by atoms with Gasteiger partial charge in [0.15, 0.2) is 0 Å². The largest absolute Gasteiger partial charge is 0.381 e. The highest BCUT2D eigenvalue weighted by molar-refractivity contribution is 5.91. The number of anilines is 2. The molecule has 1 aliphatic heterocycles. The molecule has 1 saturated heterocycles. The van der Waals surface area contributed by atoms with Gasteiger partial charge in [0.2, 0.25) is 5.91 Å². The Bertz CT molecular complexity index is 435. The van der Waals surface area contributed by atoms with Gasteiger partial charge in [0.25, 0.3) is 0 Å². The molecule has 1 heterocycles. The van der Waals surface area contributed by atoms with E-state index < -0.39 is 0 Å². The zero-order valence-corrected chi connectivity index (χ0v) is 13.1. The third kappa shape index (κ3) is 4.74. The van der Waals surface area contributed by atoms with E-state index in [9.17, 15) is 4.79 Å². The average molecular weight is 290 g/mol. The number of carbonyl (C=O) groups is 1. The lowest BCUT2D eigenvalue weighted by atomic mass is 9.96. The first-order valence-electron chi connectivity index (χ1n) is 7.95. The van der Waals surface area contributed by atoms with Gasteiger partial charge < -0.3 is 15.0 Å². The van der Waals surface area contributed by atoms with Crippen LogP contribution in [0.15, 0.2) is 24.3 Å². The lowest BCUT2D eigenvalue weighted by Gasteiger charge is -2.22. The quantitative estimate of drug-likeness (QED) is 0.874. The fourth-order valence-corrected chi connectivity index (χ4v) is 2.77. The van der Waals surface area contributed by atoms with E-state index in [0.29, 0.717) is 12.3 Å². The molecule has 4 nitrogen and oxygen atoms in total. The zero-order chi connectivity index (χ0) is 15.1. The molecule has 0 atom stereocenters. The summed E-state index contributed by atoms with van der Waals surface area (Å²) in [5.41, 5.74) is 2.07. The smallest absolute Gasteiger partial charge is 0.224 e. The monoisotopic (exact) mass is 290 g/mol. The Hall–Kier alpha value is -1.55. The van der Waals surface area contributed by atoms with E-state index in [2.05, 4.69) is 36.2 Å². The number of hydrogen-bond acceptors (Lipinski definition) is 3. The molecule has 0 spiro atoms. The Morgan fingerprint density at radius 3 is 2.38 bits per heavy atom. The van der Waals surface area contributed by atoms with Crippen molar-refractivity contribution in [2.75, 3.05) is 36.5 Å². The molecule has 1 aliphatic rings. The normalized spacial score (nSPS) is 15.7. The number of nitrogens with zero attached hydrogens (tertiary/aromatic N) is 1. The van der Waals surface area contributed by atoms with Crippen LogP contribution in [0.3, 0.4) is 0 Å². The molecule has 0 saturated carbocycles.